The van der Waals surface area contributed by atoms with Crippen LogP contribution in [-0.2, 0) is 11.2 Å². The molecule has 2 heterocycles. The molecule has 156 valence electrons. The number of aromatic nitrogens is 3. The molecule has 1 saturated carbocycles. The van der Waals surface area contributed by atoms with Gasteiger partial charge in [-0.05, 0) is 37.1 Å². The van der Waals surface area contributed by atoms with E-state index < -0.39 is 5.54 Å². The molecule has 3 rings (SSSR count). The molecule has 0 bridgehead atoms. The number of amides is 1. The fourth-order valence-corrected chi connectivity index (χ4v) is 5.08. The van der Waals surface area contributed by atoms with Crippen LogP contribution in [0.3, 0.4) is 0 Å². The second kappa shape index (κ2) is 9.77. The lowest BCUT2D eigenvalue weighted by atomic mass is 9.90. The van der Waals surface area contributed by atoms with Crippen molar-refractivity contribution in [3.05, 3.63) is 28.2 Å². The normalized spacial score (nSPS) is 17.1. The van der Waals surface area contributed by atoms with E-state index in [4.69, 9.17) is 0 Å². The van der Waals surface area contributed by atoms with Gasteiger partial charge in [0.15, 0.2) is 5.16 Å². The van der Waals surface area contributed by atoms with Crippen LogP contribution in [0.5, 0.6) is 0 Å². The Morgan fingerprint density at radius 2 is 2.17 bits per heavy atom. The number of carbonyl (C=O) groups is 1. The number of nitrogens with one attached hydrogen (secondary N) is 1. The summed E-state index contributed by atoms with van der Waals surface area (Å²) in [7, 11) is 0. The van der Waals surface area contributed by atoms with E-state index in [-0.39, 0.29) is 17.6 Å². The highest BCUT2D eigenvalue weighted by Gasteiger charge is 2.30. The Hall–Kier alpha value is -1.85. The van der Waals surface area contributed by atoms with Crippen molar-refractivity contribution in [1.29, 1.82) is 5.26 Å². The van der Waals surface area contributed by atoms with Gasteiger partial charge in [-0.15, -0.1) is 21.5 Å². The van der Waals surface area contributed by atoms with Crippen molar-refractivity contribution in [2.45, 2.75) is 76.0 Å². The van der Waals surface area contributed by atoms with E-state index in [1.807, 2.05) is 13.8 Å². The van der Waals surface area contributed by atoms with Crippen LogP contribution in [0.2, 0.25) is 0 Å². The maximum absolute atomic E-state index is 12.5. The maximum atomic E-state index is 12.5. The van der Waals surface area contributed by atoms with E-state index >= 15 is 0 Å². The standard InChI is InChI=1S/C21H29N5OS2/c1-15(2)21(3,14-22)23-19(27)13-29-20-25-24-18(12-17-10-7-11-28-17)26(20)16-8-5-4-6-9-16/h7,10-11,15-16H,4-6,8-9,12-13H2,1-3H3,(H,23,27). The number of hydrogen-bond acceptors (Lipinski definition) is 6. The molecule has 0 aliphatic heterocycles. The number of rotatable bonds is 8. The zero-order valence-corrected chi connectivity index (χ0v) is 19.0. The average molecular weight is 432 g/mol. The first-order chi connectivity index (χ1) is 13.9. The van der Waals surface area contributed by atoms with Crippen LogP contribution in [0.25, 0.3) is 0 Å². The van der Waals surface area contributed by atoms with Gasteiger partial charge in [-0.3, -0.25) is 4.79 Å². The van der Waals surface area contributed by atoms with E-state index in [1.165, 1.54) is 35.9 Å². The number of carbonyl (C=O) groups excluding carboxylic acids is 1. The first kappa shape index (κ1) is 21.8. The van der Waals surface area contributed by atoms with Crippen molar-refractivity contribution in [3.63, 3.8) is 0 Å². The van der Waals surface area contributed by atoms with Gasteiger partial charge < -0.3 is 9.88 Å². The topological polar surface area (TPSA) is 83.6 Å². The lowest BCUT2D eigenvalue weighted by Crippen LogP contribution is -2.49. The summed E-state index contributed by atoms with van der Waals surface area (Å²) in [6.45, 7) is 5.64. The number of thioether (sulfide) groups is 1. The van der Waals surface area contributed by atoms with Gasteiger partial charge >= 0.3 is 0 Å². The predicted octanol–water partition coefficient (Wildman–Crippen LogP) is 4.58. The van der Waals surface area contributed by atoms with Gasteiger partial charge in [0.25, 0.3) is 0 Å². The first-order valence-electron chi connectivity index (χ1n) is 10.2. The van der Waals surface area contributed by atoms with Crippen LogP contribution in [-0.4, -0.2) is 32.0 Å². The number of hydrogen-bond donors (Lipinski definition) is 1. The fraction of sp³-hybridized carbons (Fsp3) is 0.619. The van der Waals surface area contributed by atoms with E-state index in [1.54, 1.807) is 18.3 Å². The summed E-state index contributed by atoms with van der Waals surface area (Å²) < 4.78 is 2.27. The van der Waals surface area contributed by atoms with Gasteiger partial charge in [0, 0.05) is 17.3 Å². The lowest BCUT2D eigenvalue weighted by molar-refractivity contribution is -0.120. The number of nitrogens with zero attached hydrogens (tertiary/aromatic N) is 4. The first-order valence-corrected chi connectivity index (χ1v) is 12.1. The Kier molecular flexibility index (Phi) is 7.36. The van der Waals surface area contributed by atoms with Gasteiger partial charge in [-0.2, -0.15) is 5.26 Å². The van der Waals surface area contributed by atoms with Crippen LogP contribution in [0, 0.1) is 17.2 Å². The van der Waals surface area contributed by atoms with E-state index in [0.29, 0.717) is 6.04 Å². The molecule has 1 N–H and O–H groups in total. The average Bonchev–Trinajstić information content (AvgIpc) is 3.37. The predicted molar refractivity (Wildman–Crippen MR) is 117 cm³/mol. The van der Waals surface area contributed by atoms with Crippen LogP contribution < -0.4 is 5.32 Å². The summed E-state index contributed by atoms with van der Waals surface area (Å²) in [6, 6.07) is 6.81. The Morgan fingerprint density at radius 3 is 2.79 bits per heavy atom. The summed E-state index contributed by atoms with van der Waals surface area (Å²) in [6.07, 6.45) is 6.77. The summed E-state index contributed by atoms with van der Waals surface area (Å²) in [4.78, 5) is 13.8. The monoisotopic (exact) mass is 431 g/mol. The summed E-state index contributed by atoms with van der Waals surface area (Å²) in [5.41, 5.74) is -0.862. The molecular weight excluding hydrogens is 402 g/mol. The summed E-state index contributed by atoms with van der Waals surface area (Å²) in [5, 5.41) is 24.1. The largest absolute Gasteiger partial charge is 0.337 e. The van der Waals surface area contributed by atoms with Crippen LogP contribution in [0.1, 0.15) is 69.6 Å². The molecule has 2 aromatic heterocycles. The zero-order chi connectivity index (χ0) is 20.9. The minimum atomic E-state index is -0.862. The molecule has 0 saturated heterocycles. The van der Waals surface area contributed by atoms with Crippen LogP contribution >= 0.6 is 23.1 Å². The highest BCUT2D eigenvalue weighted by molar-refractivity contribution is 7.99. The molecule has 0 radical (unpaired) electrons. The van der Waals surface area contributed by atoms with Crippen LogP contribution in [0.15, 0.2) is 22.7 Å². The second-order valence-electron chi connectivity index (χ2n) is 8.12. The minimum Gasteiger partial charge on any atom is -0.337 e. The molecule has 1 atom stereocenters. The highest BCUT2D eigenvalue weighted by atomic mass is 32.2. The summed E-state index contributed by atoms with van der Waals surface area (Å²) in [5.74, 6) is 1.09. The van der Waals surface area contributed by atoms with Gasteiger partial charge in [0.1, 0.15) is 11.4 Å². The van der Waals surface area contributed by atoms with Crippen molar-refractivity contribution in [3.8, 4) is 6.07 Å². The molecule has 6 nitrogen and oxygen atoms in total. The highest BCUT2D eigenvalue weighted by Crippen LogP contribution is 2.33. The van der Waals surface area contributed by atoms with Crippen molar-refractivity contribution < 1.29 is 4.79 Å². The van der Waals surface area contributed by atoms with Crippen molar-refractivity contribution in [2.24, 2.45) is 5.92 Å². The third kappa shape index (κ3) is 5.40. The number of nitriles is 1. The third-order valence-corrected chi connectivity index (χ3v) is 7.53. The third-order valence-electron chi connectivity index (χ3n) is 5.71. The quantitative estimate of drug-likeness (QED) is 0.618. The SMILES string of the molecule is CC(C)C(C)(C#N)NC(=O)CSc1nnc(Cc2cccs2)n1C1CCCCC1. The minimum absolute atomic E-state index is 0.0322. The lowest BCUT2D eigenvalue weighted by Gasteiger charge is -2.27. The summed E-state index contributed by atoms with van der Waals surface area (Å²) >= 11 is 3.15. The van der Waals surface area contributed by atoms with Gasteiger partial charge in [-0.25, -0.2) is 0 Å². The number of thiophene rings is 1. The molecule has 1 aliphatic carbocycles. The Morgan fingerprint density at radius 1 is 1.41 bits per heavy atom. The Balaban J connectivity index is 1.73. The van der Waals surface area contributed by atoms with Crippen LogP contribution in [0.4, 0.5) is 0 Å². The van der Waals surface area contributed by atoms with E-state index in [2.05, 4.69) is 43.7 Å². The van der Waals surface area contributed by atoms with Crippen molar-refractivity contribution in [2.75, 3.05) is 5.75 Å². The molecule has 1 unspecified atom stereocenters. The fourth-order valence-electron chi connectivity index (χ4n) is 3.56. The molecule has 1 amide bonds. The Labute approximate surface area is 181 Å². The second-order valence-corrected chi connectivity index (χ2v) is 10.1. The molecule has 29 heavy (non-hydrogen) atoms. The molecule has 0 spiro atoms. The van der Waals surface area contributed by atoms with Gasteiger partial charge in [-0.1, -0.05) is 50.9 Å². The van der Waals surface area contributed by atoms with E-state index in [9.17, 15) is 10.1 Å². The molecule has 1 aliphatic rings. The molecule has 8 heteroatoms. The molecule has 0 aromatic carbocycles. The molecule has 2 aromatic rings. The molecule has 1 fully saturated rings. The van der Waals surface area contributed by atoms with Crippen molar-refractivity contribution >= 4 is 29.0 Å². The molecular formula is C21H29N5OS2. The Bertz CT molecular complexity index is 849. The van der Waals surface area contributed by atoms with E-state index in [0.717, 1.165) is 30.2 Å². The van der Waals surface area contributed by atoms with Gasteiger partial charge in [0.05, 0.1) is 11.8 Å². The zero-order valence-electron chi connectivity index (χ0n) is 17.4. The smallest absolute Gasteiger partial charge is 0.231 e. The maximum Gasteiger partial charge on any atom is 0.231 e. The van der Waals surface area contributed by atoms with Gasteiger partial charge in [0.2, 0.25) is 5.91 Å². The van der Waals surface area contributed by atoms with Crippen molar-refractivity contribution in [1.82, 2.24) is 20.1 Å².